The molecule has 3 aromatic rings. The molecule has 1 aliphatic heterocycles. The van der Waals surface area contributed by atoms with Crippen LogP contribution in [0.5, 0.6) is 23.0 Å². The van der Waals surface area contributed by atoms with Crippen molar-refractivity contribution < 1.29 is 33.6 Å². The fourth-order valence-corrected chi connectivity index (χ4v) is 5.13. The Morgan fingerprint density at radius 3 is 2.07 bits per heavy atom. The van der Waals surface area contributed by atoms with Gasteiger partial charge >= 0.3 is 12.0 Å². The van der Waals surface area contributed by atoms with E-state index in [4.69, 9.17) is 18.9 Å². The average molecular weight is 592 g/mol. The van der Waals surface area contributed by atoms with Crippen molar-refractivity contribution >= 4 is 12.0 Å². The van der Waals surface area contributed by atoms with E-state index in [9.17, 15) is 14.7 Å². The highest BCUT2D eigenvalue weighted by molar-refractivity contribution is 5.77. The average Bonchev–Trinajstić information content (AvgIpc) is 3.28. The summed E-state index contributed by atoms with van der Waals surface area (Å²) in [5, 5.41) is 14.2. The Morgan fingerprint density at radius 2 is 1.51 bits per heavy atom. The van der Waals surface area contributed by atoms with Gasteiger partial charge in [0.2, 0.25) is 5.75 Å². The molecule has 4 rings (SSSR count). The molecule has 1 saturated heterocycles. The van der Waals surface area contributed by atoms with Gasteiger partial charge in [-0.3, -0.25) is 5.01 Å². The summed E-state index contributed by atoms with van der Waals surface area (Å²) in [5.41, 5.74) is 5.55. The molecule has 230 valence electrons. The van der Waals surface area contributed by atoms with Crippen LogP contribution in [0.2, 0.25) is 0 Å². The number of nitrogens with one attached hydrogen (secondary N) is 2. The van der Waals surface area contributed by atoms with Gasteiger partial charge in [-0.05, 0) is 81.0 Å². The number of nitrogens with zero attached hydrogens (tertiary/aromatic N) is 1. The number of methoxy groups -OCH3 is 3. The van der Waals surface area contributed by atoms with Crippen molar-refractivity contribution in [2.45, 2.75) is 64.3 Å². The smallest absolute Gasteiger partial charge is 0.347 e. The Morgan fingerprint density at radius 1 is 0.907 bits per heavy atom. The molecule has 3 aromatic carbocycles. The second kappa shape index (κ2) is 13.2. The molecule has 0 bridgehead atoms. The molecule has 0 aromatic heterocycles. The van der Waals surface area contributed by atoms with Gasteiger partial charge in [-0.15, -0.1) is 0 Å². The Hall–Kier alpha value is -4.44. The van der Waals surface area contributed by atoms with Crippen LogP contribution >= 0.6 is 0 Å². The number of rotatable bonds is 14. The Bertz CT molecular complexity index is 1400. The van der Waals surface area contributed by atoms with Gasteiger partial charge in [0.25, 0.3) is 0 Å². The SMILES string of the molecule is COc1cc(CC2(CCCc3ccc(OC(C)(C)C(=O)O)cc3)NC(=O)N(Cc3ccc(C)cc3)N2)cc(OC)c1OC. The van der Waals surface area contributed by atoms with Crippen LogP contribution in [0, 0.1) is 6.92 Å². The molecule has 1 atom stereocenters. The van der Waals surface area contributed by atoms with E-state index >= 15 is 0 Å². The van der Waals surface area contributed by atoms with Gasteiger partial charge < -0.3 is 29.4 Å². The molecule has 1 aliphatic rings. The summed E-state index contributed by atoms with van der Waals surface area (Å²) in [4.78, 5) is 24.7. The van der Waals surface area contributed by atoms with E-state index in [0.29, 0.717) is 42.4 Å². The summed E-state index contributed by atoms with van der Waals surface area (Å²) >= 11 is 0. The van der Waals surface area contributed by atoms with Crippen molar-refractivity contribution in [1.29, 1.82) is 0 Å². The summed E-state index contributed by atoms with van der Waals surface area (Å²) in [6.45, 7) is 5.48. The maximum absolute atomic E-state index is 13.3. The van der Waals surface area contributed by atoms with Gasteiger partial charge in [0.05, 0.1) is 27.9 Å². The summed E-state index contributed by atoms with van der Waals surface area (Å²) in [7, 11) is 4.72. The molecule has 10 nitrogen and oxygen atoms in total. The number of carbonyl (C=O) groups is 2. The molecule has 1 unspecified atom stereocenters. The van der Waals surface area contributed by atoms with Gasteiger partial charge in [0.1, 0.15) is 11.4 Å². The van der Waals surface area contributed by atoms with Crippen molar-refractivity contribution in [2.24, 2.45) is 0 Å². The van der Waals surface area contributed by atoms with Crippen LogP contribution in [0.3, 0.4) is 0 Å². The summed E-state index contributed by atoms with van der Waals surface area (Å²) in [5.74, 6) is 1.05. The first-order chi connectivity index (χ1) is 20.5. The lowest BCUT2D eigenvalue weighted by Crippen LogP contribution is -2.53. The molecule has 0 radical (unpaired) electrons. The summed E-state index contributed by atoms with van der Waals surface area (Å²) < 4.78 is 22.3. The fourth-order valence-electron chi connectivity index (χ4n) is 5.13. The highest BCUT2D eigenvalue weighted by Gasteiger charge is 2.42. The van der Waals surface area contributed by atoms with Gasteiger partial charge in [-0.2, -0.15) is 0 Å². The van der Waals surface area contributed by atoms with Crippen LogP contribution < -0.4 is 29.7 Å². The van der Waals surface area contributed by atoms with Crippen molar-refractivity contribution in [3.63, 3.8) is 0 Å². The zero-order valence-corrected chi connectivity index (χ0v) is 25.7. The van der Waals surface area contributed by atoms with E-state index in [1.54, 1.807) is 38.5 Å². The normalized spacial score (nSPS) is 16.5. The lowest BCUT2D eigenvalue weighted by atomic mass is 9.93. The quantitative estimate of drug-likeness (QED) is 0.233. The van der Waals surface area contributed by atoms with Crippen LogP contribution in [0.25, 0.3) is 0 Å². The molecular weight excluding hydrogens is 550 g/mol. The molecule has 43 heavy (non-hydrogen) atoms. The molecule has 0 spiro atoms. The molecule has 0 saturated carbocycles. The number of hydrogen-bond donors (Lipinski definition) is 3. The number of urea groups is 1. The van der Waals surface area contributed by atoms with Crippen molar-refractivity contribution in [2.75, 3.05) is 21.3 Å². The van der Waals surface area contributed by atoms with Crippen LogP contribution in [0.15, 0.2) is 60.7 Å². The van der Waals surface area contributed by atoms with E-state index in [1.807, 2.05) is 55.5 Å². The molecule has 1 heterocycles. The van der Waals surface area contributed by atoms with Gasteiger partial charge in [0, 0.05) is 6.42 Å². The number of aryl methyl sites for hydroxylation is 2. The highest BCUT2D eigenvalue weighted by Crippen LogP contribution is 2.39. The number of aliphatic carboxylic acids is 1. The zero-order valence-electron chi connectivity index (χ0n) is 25.7. The molecule has 1 fully saturated rings. The third kappa shape index (κ3) is 7.70. The first-order valence-electron chi connectivity index (χ1n) is 14.2. The third-order valence-electron chi connectivity index (χ3n) is 7.51. The third-order valence-corrected chi connectivity index (χ3v) is 7.51. The van der Waals surface area contributed by atoms with Crippen molar-refractivity contribution in [3.8, 4) is 23.0 Å². The number of carboxylic acids is 1. The Labute approximate surface area is 252 Å². The minimum atomic E-state index is -1.32. The van der Waals surface area contributed by atoms with E-state index in [0.717, 1.165) is 35.1 Å². The number of ether oxygens (including phenoxy) is 4. The number of hydrazine groups is 1. The summed E-state index contributed by atoms with van der Waals surface area (Å²) in [6, 6.07) is 19.1. The maximum atomic E-state index is 13.3. The van der Waals surface area contributed by atoms with Gasteiger partial charge in [-0.1, -0.05) is 42.0 Å². The maximum Gasteiger partial charge on any atom is 0.347 e. The van der Waals surface area contributed by atoms with Crippen LogP contribution in [0.1, 0.15) is 48.9 Å². The van der Waals surface area contributed by atoms with Crippen LogP contribution in [0.4, 0.5) is 4.79 Å². The Balaban J connectivity index is 1.53. The number of hydrogen-bond acceptors (Lipinski definition) is 7. The number of benzene rings is 3. The monoisotopic (exact) mass is 591 g/mol. The molecule has 3 N–H and O–H groups in total. The predicted molar refractivity (Wildman–Crippen MR) is 163 cm³/mol. The first-order valence-corrected chi connectivity index (χ1v) is 14.2. The lowest BCUT2D eigenvalue weighted by molar-refractivity contribution is -0.152. The standard InChI is InChI=1S/C33H41N3O7/c1-22-9-11-24(12-10-22)21-36-31(39)34-33(35-36,20-25-18-27(40-4)29(42-6)28(19-25)41-5)17-7-8-23-13-15-26(16-14-23)43-32(2,3)30(37)38/h9-16,18-19,35H,7-8,17,20-21H2,1-6H3,(H,34,39)(H,37,38). The summed E-state index contributed by atoms with van der Waals surface area (Å²) in [6.07, 6.45) is 2.60. The number of amides is 2. The lowest BCUT2D eigenvalue weighted by Gasteiger charge is -2.30. The predicted octanol–water partition coefficient (Wildman–Crippen LogP) is 5.25. The van der Waals surface area contributed by atoms with Crippen molar-refractivity contribution in [3.05, 3.63) is 82.9 Å². The van der Waals surface area contributed by atoms with Crippen LogP contribution in [-0.2, 0) is 24.2 Å². The second-order valence-electron chi connectivity index (χ2n) is 11.3. The number of carbonyl (C=O) groups excluding carboxylic acids is 1. The first kappa shape index (κ1) is 31.5. The minimum Gasteiger partial charge on any atom is -0.493 e. The van der Waals surface area contributed by atoms with E-state index in [-0.39, 0.29) is 6.03 Å². The molecule has 2 amide bonds. The van der Waals surface area contributed by atoms with E-state index < -0.39 is 17.2 Å². The van der Waals surface area contributed by atoms with E-state index in [1.165, 1.54) is 13.8 Å². The molecule has 0 aliphatic carbocycles. The highest BCUT2D eigenvalue weighted by atomic mass is 16.5. The van der Waals surface area contributed by atoms with Crippen molar-refractivity contribution in [1.82, 2.24) is 15.8 Å². The zero-order chi connectivity index (χ0) is 31.2. The minimum absolute atomic E-state index is 0.199. The molecule has 10 heteroatoms. The topological polar surface area (TPSA) is 119 Å². The molecular formula is C33H41N3O7. The largest absolute Gasteiger partial charge is 0.493 e. The van der Waals surface area contributed by atoms with Gasteiger partial charge in [-0.25, -0.2) is 15.0 Å². The van der Waals surface area contributed by atoms with Crippen LogP contribution in [-0.4, -0.2) is 54.7 Å². The number of carboxylic acid groups (broad SMARTS) is 1. The van der Waals surface area contributed by atoms with Gasteiger partial charge in [0.15, 0.2) is 17.1 Å². The fraction of sp³-hybridized carbons (Fsp3) is 0.394. The second-order valence-corrected chi connectivity index (χ2v) is 11.3. The van der Waals surface area contributed by atoms with E-state index in [2.05, 4.69) is 10.7 Å². The Kier molecular flexibility index (Phi) is 9.70.